The molecule has 0 saturated carbocycles. The molecule has 2 aromatic heterocycles. The summed E-state index contributed by atoms with van der Waals surface area (Å²) in [5.74, 6) is -0.250. The van der Waals surface area contributed by atoms with Gasteiger partial charge in [-0.1, -0.05) is 11.6 Å². The molecule has 0 spiro atoms. The van der Waals surface area contributed by atoms with E-state index in [-0.39, 0.29) is 12.5 Å². The molecule has 9 heteroatoms. The van der Waals surface area contributed by atoms with Crippen LogP contribution in [-0.4, -0.2) is 36.7 Å². The number of rotatable bonds is 5. The van der Waals surface area contributed by atoms with Crippen molar-refractivity contribution in [1.29, 1.82) is 0 Å². The lowest BCUT2D eigenvalue weighted by atomic mass is 10.2. The van der Waals surface area contributed by atoms with Gasteiger partial charge in [-0.15, -0.1) is 11.3 Å². The van der Waals surface area contributed by atoms with E-state index >= 15 is 0 Å². The van der Waals surface area contributed by atoms with Crippen molar-refractivity contribution in [3.05, 3.63) is 52.0 Å². The normalized spacial score (nSPS) is 15.4. The van der Waals surface area contributed by atoms with Gasteiger partial charge in [-0.3, -0.25) is 4.79 Å². The van der Waals surface area contributed by atoms with Gasteiger partial charge in [0.2, 0.25) is 0 Å². The quantitative estimate of drug-likeness (QED) is 0.657. The first kappa shape index (κ1) is 18.5. The van der Waals surface area contributed by atoms with Crippen molar-refractivity contribution in [3.8, 4) is 0 Å². The number of aromatic amines is 1. The second-order valence-corrected chi connectivity index (χ2v) is 10.2. The number of aromatic nitrogens is 1. The topological polar surface area (TPSA) is 82.3 Å². The lowest BCUT2D eigenvalue weighted by molar-refractivity contribution is 0.0947. The van der Waals surface area contributed by atoms with E-state index < -0.39 is 10.0 Å². The summed E-state index contributed by atoms with van der Waals surface area (Å²) in [7, 11) is -3.41. The van der Waals surface area contributed by atoms with Crippen LogP contribution in [0.5, 0.6) is 0 Å². The van der Waals surface area contributed by atoms with E-state index in [4.69, 9.17) is 11.6 Å². The van der Waals surface area contributed by atoms with E-state index in [0.717, 1.165) is 28.6 Å². The summed E-state index contributed by atoms with van der Waals surface area (Å²) in [4.78, 5) is 16.2. The molecule has 2 N–H and O–H groups in total. The third kappa shape index (κ3) is 3.75. The molecule has 3 heterocycles. The molecule has 142 valence electrons. The van der Waals surface area contributed by atoms with Crippen molar-refractivity contribution in [2.45, 2.75) is 23.6 Å². The Hall–Kier alpha value is -1.87. The largest absolute Gasteiger partial charge is 0.351 e. The minimum Gasteiger partial charge on any atom is -0.351 e. The van der Waals surface area contributed by atoms with Crippen LogP contribution in [0.2, 0.25) is 5.02 Å². The molecule has 1 fully saturated rings. The lowest BCUT2D eigenvalue weighted by Crippen LogP contribution is -2.27. The summed E-state index contributed by atoms with van der Waals surface area (Å²) in [5, 5.41) is 4.30. The van der Waals surface area contributed by atoms with Crippen LogP contribution in [0, 0.1) is 0 Å². The highest BCUT2D eigenvalue weighted by Crippen LogP contribution is 2.27. The van der Waals surface area contributed by atoms with Crippen LogP contribution in [0.25, 0.3) is 10.9 Å². The van der Waals surface area contributed by atoms with E-state index in [1.807, 2.05) is 6.07 Å². The van der Waals surface area contributed by atoms with Gasteiger partial charge < -0.3 is 10.3 Å². The summed E-state index contributed by atoms with van der Waals surface area (Å²) < 4.78 is 27.0. The number of sulfonamides is 1. The van der Waals surface area contributed by atoms with Gasteiger partial charge in [0.15, 0.2) is 0 Å². The Morgan fingerprint density at radius 2 is 1.96 bits per heavy atom. The maximum absolute atomic E-state index is 12.6. The third-order valence-corrected chi connectivity index (χ3v) is 8.23. The average molecular weight is 424 g/mol. The number of carbonyl (C=O) groups is 1. The molecule has 0 bridgehead atoms. The van der Waals surface area contributed by atoms with Gasteiger partial charge in [-0.05, 0) is 49.2 Å². The van der Waals surface area contributed by atoms with Crippen molar-refractivity contribution in [1.82, 2.24) is 14.6 Å². The Morgan fingerprint density at radius 3 is 2.74 bits per heavy atom. The molecule has 1 amide bonds. The van der Waals surface area contributed by atoms with Crippen molar-refractivity contribution in [2.75, 3.05) is 13.1 Å². The van der Waals surface area contributed by atoms with E-state index in [2.05, 4.69) is 10.3 Å². The molecule has 3 aromatic rings. The number of amides is 1. The Labute approximate surface area is 166 Å². The highest BCUT2D eigenvalue weighted by Gasteiger charge is 2.28. The van der Waals surface area contributed by atoms with Gasteiger partial charge in [-0.2, -0.15) is 4.31 Å². The SMILES string of the molecule is O=C(NCc1ccc(S(=O)(=O)N2CCCC2)s1)c1cc2cc(Cl)ccc2[nH]1. The second-order valence-electron chi connectivity index (χ2n) is 6.43. The molecule has 1 aliphatic rings. The molecule has 0 aliphatic carbocycles. The van der Waals surface area contributed by atoms with Crippen LogP contribution in [0.3, 0.4) is 0 Å². The van der Waals surface area contributed by atoms with Gasteiger partial charge in [0.05, 0.1) is 6.54 Å². The molecule has 0 atom stereocenters. The van der Waals surface area contributed by atoms with Gasteiger partial charge >= 0.3 is 0 Å². The number of nitrogens with zero attached hydrogens (tertiary/aromatic N) is 1. The maximum Gasteiger partial charge on any atom is 0.268 e. The molecule has 1 aromatic carbocycles. The first-order valence-electron chi connectivity index (χ1n) is 8.59. The van der Waals surface area contributed by atoms with E-state index in [9.17, 15) is 13.2 Å². The van der Waals surface area contributed by atoms with E-state index in [1.165, 1.54) is 15.6 Å². The summed E-state index contributed by atoms with van der Waals surface area (Å²) in [6, 6.07) is 10.5. The Balaban J connectivity index is 1.44. The Kier molecular flexibility index (Phi) is 4.98. The number of nitrogens with one attached hydrogen (secondary N) is 2. The number of benzene rings is 1. The van der Waals surface area contributed by atoms with Crippen molar-refractivity contribution >= 4 is 49.8 Å². The molecule has 4 rings (SSSR count). The van der Waals surface area contributed by atoms with Crippen molar-refractivity contribution in [3.63, 3.8) is 0 Å². The number of thiophene rings is 1. The number of hydrogen-bond donors (Lipinski definition) is 2. The van der Waals surface area contributed by atoms with Crippen LogP contribution < -0.4 is 5.32 Å². The molecule has 1 aliphatic heterocycles. The number of halogens is 1. The standard InChI is InChI=1S/C18H18ClN3O3S2/c19-13-3-5-15-12(9-13)10-16(21-15)18(23)20-11-14-4-6-17(26-14)27(24,25)22-7-1-2-8-22/h3-6,9-10,21H,1-2,7-8,11H2,(H,20,23). The van der Waals surface area contributed by atoms with Crippen molar-refractivity contribution in [2.24, 2.45) is 0 Å². The molecule has 6 nitrogen and oxygen atoms in total. The monoisotopic (exact) mass is 423 g/mol. The van der Waals surface area contributed by atoms with Gasteiger partial charge in [-0.25, -0.2) is 8.42 Å². The van der Waals surface area contributed by atoms with Gasteiger partial charge in [0, 0.05) is 33.9 Å². The molecule has 0 unspecified atom stereocenters. The molecular formula is C18H18ClN3O3S2. The fourth-order valence-electron chi connectivity index (χ4n) is 3.14. The fraction of sp³-hybridized carbons (Fsp3) is 0.278. The van der Waals surface area contributed by atoms with E-state index in [0.29, 0.717) is 28.0 Å². The predicted octanol–water partition coefficient (Wildman–Crippen LogP) is 3.60. The molecular weight excluding hydrogens is 406 g/mol. The van der Waals surface area contributed by atoms with Crippen molar-refractivity contribution < 1.29 is 13.2 Å². The summed E-state index contributed by atoms with van der Waals surface area (Å²) >= 11 is 7.17. The fourth-order valence-corrected chi connectivity index (χ4v) is 6.28. The molecule has 1 saturated heterocycles. The van der Waals surface area contributed by atoms with Crippen LogP contribution in [-0.2, 0) is 16.6 Å². The smallest absolute Gasteiger partial charge is 0.268 e. The molecule has 27 heavy (non-hydrogen) atoms. The minimum absolute atomic E-state index is 0.250. The van der Waals surface area contributed by atoms with Crippen LogP contribution >= 0.6 is 22.9 Å². The Bertz CT molecular complexity index is 1100. The lowest BCUT2D eigenvalue weighted by Gasteiger charge is -2.13. The maximum atomic E-state index is 12.6. The first-order valence-corrected chi connectivity index (χ1v) is 11.2. The zero-order valence-corrected chi connectivity index (χ0v) is 16.8. The first-order chi connectivity index (χ1) is 12.9. The highest BCUT2D eigenvalue weighted by atomic mass is 35.5. The van der Waals surface area contributed by atoms with Gasteiger partial charge in [0.1, 0.15) is 9.90 Å². The number of H-pyrrole nitrogens is 1. The molecule has 0 radical (unpaired) electrons. The zero-order chi connectivity index (χ0) is 19.0. The average Bonchev–Trinajstić information content (AvgIpc) is 3.38. The summed E-state index contributed by atoms with van der Waals surface area (Å²) in [6.07, 6.45) is 1.81. The highest BCUT2D eigenvalue weighted by molar-refractivity contribution is 7.91. The summed E-state index contributed by atoms with van der Waals surface area (Å²) in [5.41, 5.74) is 1.27. The van der Waals surface area contributed by atoms with E-state index in [1.54, 1.807) is 30.3 Å². The number of hydrogen-bond acceptors (Lipinski definition) is 4. The van der Waals surface area contributed by atoms with Gasteiger partial charge in [0.25, 0.3) is 15.9 Å². The Morgan fingerprint density at radius 1 is 1.19 bits per heavy atom. The minimum atomic E-state index is -3.41. The predicted molar refractivity (Wildman–Crippen MR) is 107 cm³/mol. The number of fused-ring (bicyclic) bond motifs is 1. The number of carbonyl (C=O) groups excluding carboxylic acids is 1. The third-order valence-electron chi connectivity index (χ3n) is 4.55. The van der Waals surface area contributed by atoms with Crippen LogP contribution in [0.15, 0.2) is 40.6 Å². The zero-order valence-electron chi connectivity index (χ0n) is 14.4. The van der Waals surface area contributed by atoms with Crippen LogP contribution in [0.1, 0.15) is 28.2 Å². The summed E-state index contributed by atoms with van der Waals surface area (Å²) in [6.45, 7) is 1.43. The second kappa shape index (κ2) is 7.27. The van der Waals surface area contributed by atoms with Crippen LogP contribution in [0.4, 0.5) is 0 Å².